The lowest BCUT2D eigenvalue weighted by molar-refractivity contribution is 0.0526. The molecule has 0 saturated heterocycles. The molecule has 24 heavy (non-hydrogen) atoms. The molecular formula is C18H19NO4S. The zero-order valence-electron chi connectivity index (χ0n) is 13.4. The van der Waals surface area contributed by atoms with Crippen LogP contribution in [0.25, 0.3) is 0 Å². The molecule has 0 spiro atoms. The number of hydrogen-bond donors (Lipinski definition) is 0. The number of esters is 1. The van der Waals surface area contributed by atoms with Gasteiger partial charge in [-0.2, -0.15) is 0 Å². The van der Waals surface area contributed by atoms with Gasteiger partial charge < -0.3 is 4.74 Å². The monoisotopic (exact) mass is 345 g/mol. The second kappa shape index (κ2) is 6.65. The smallest absolute Gasteiger partial charge is 0.338 e. The summed E-state index contributed by atoms with van der Waals surface area (Å²) in [6, 6.07) is 13.4. The summed E-state index contributed by atoms with van der Waals surface area (Å²) in [7, 11) is -3.65. The Morgan fingerprint density at radius 2 is 1.83 bits per heavy atom. The highest BCUT2D eigenvalue weighted by atomic mass is 32.2. The fraction of sp³-hybridized carbons (Fsp3) is 0.278. The Morgan fingerprint density at radius 1 is 1.12 bits per heavy atom. The van der Waals surface area contributed by atoms with Crippen molar-refractivity contribution in [3.63, 3.8) is 0 Å². The third kappa shape index (κ3) is 3.01. The summed E-state index contributed by atoms with van der Waals surface area (Å²) in [5.74, 6) is -0.454. The van der Waals surface area contributed by atoms with Crippen molar-refractivity contribution in [3.8, 4) is 0 Å². The zero-order valence-corrected chi connectivity index (χ0v) is 14.3. The predicted molar refractivity (Wildman–Crippen MR) is 91.7 cm³/mol. The molecule has 1 aliphatic rings. The molecule has 1 aliphatic heterocycles. The quantitative estimate of drug-likeness (QED) is 0.799. The van der Waals surface area contributed by atoms with Gasteiger partial charge in [0.15, 0.2) is 0 Å². The molecule has 0 amide bonds. The normalized spacial score (nSPS) is 14.1. The van der Waals surface area contributed by atoms with Gasteiger partial charge in [-0.15, -0.1) is 0 Å². The number of hydrogen-bond acceptors (Lipinski definition) is 4. The first-order chi connectivity index (χ1) is 11.5. The maximum Gasteiger partial charge on any atom is 0.338 e. The molecule has 0 aromatic heterocycles. The van der Waals surface area contributed by atoms with Gasteiger partial charge in [0.2, 0.25) is 0 Å². The molecule has 6 heteroatoms. The van der Waals surface area contributed by atoms with Crippen LogP contribution in [0.5, 0.6) is 0 Å². The van der Waals surface area contributed by atoms with E-state index in [1.54, 1.807) is 6.92 Å². The number of benzene rings is 2. The van der Waals surface area contributed by atoms with Crippen molar-refractivity contribution < 1.29 is 17.9 Å². The van der Waals surface area contributed by atoms with E-state index in [1.165, 1.54) is 28.6 Å². The highest BCUT2D eigenvalue weighted by molar-refractivity contribution is 7.92. The van der Waals surface area contributed by atoms with E-state index in [-0.39, 0.29) is 11.5 Å². The first-order valence-corrected chi connectivity index (χ1v) is 9.36. The summed E-state index contributed by atoms with van der Waals surface area (Å²) < 4.78 is 32.3. The van der Waals surface area contributed by atoms with Crippen molar-refractivity contribution in [1.82, 2.24) is 0 Å². The lowest BCUT2D eigenvalue weighted by Gasteiger charge is -2.30. The van der Waals surface area contributed by atoms with Crippen LogP contribution in [0.3, 0.4) is 0 Å². The van der Waals surface area contributed by atoms with E-state index in [2.05, 4.69) is 0 Å². The second-order valence-corrected chi connectivity index (χ2v) is 7.42. The Kier molecular flexibility index (Phi) is 4.57. The number of fused-ring (bicyclic) bond motifs is 1. The topological polar surface area (TPSA) is 63.7 Å². The zero-order chi connectivity index (χ0) is 17.2. The Bertz CT molecular complexity index is 844. The molecule has 3 rings (SSSR count). The highest BCUT2D eigenvalue weighted by Crippen LogP contribution is 2.31. The Morgan fingerprint density at radius 3 is 2.54 bits per heavy atom. The molecule has 0 fully saturated rings. The molecule has 126 valence electrons. The summed E-state index contributed by atoms with van der Waals surface area (Å²) in [6.07, 6.45) is 1.67. The van der Waals surface area contributed by atoms with Crippen LogP contribution in [0, 0.1) is 0 Å². The minimum Gasteiger partial charge on any atom is -0.462 e. The van der Waals surface area contributed by atoms with E-state index in [9.17, 15) is 13.2 Å². The van der Waals surface area contributed by atoms with Crippen LogP contribution in [0.2, 0.25) is 0 Å². The van der Waals surface area contributed by atoms with Crippen molar-refractivity contribution in [2.45, 2.75) is 24.7 Å². The number of rotatable bonds is 4. The SMILES string of the molecule is CCOC(=O)c1ccc(S(=O)(=O)N2CCCc3ccccc32)cc1. The van der Waals surface area contributed by atoms with Gasteiger partial charge in [0.25, 0.3) is 10.0 Å². The lowest BCUT2D eigenvalue weighted by atomic mass is 10.0. The molecule has 0 unspecified atom stereocenters. The maximum absolute atomic E-state index is 13.0. The third-order valence-electron chi connectivity index (χ3n) is 4.02. The van der Waals surface area contributed by atoms with Crippen LogP contribution in [0.1, 0.15) is 29.3 Å². The molecule has 0 atom stereocenters. The van der Waals surface area contributed by atoms with Gasteiger partial charge >= 0.3 is 5.97 Å². The number of anilines is 1. The van der Waals surface area contributed by atoms with Gasteiger partial charge in [-0.05, 0) is 55.7 Å². The summed E-state index contributed by atoms with van der Waals surface area (Å²) in [4.78, 5) is 11.9. The van der Waals surface area contributed by atoms with Crippen LogP contribution < -0.4 is 4.31 Å². The highest BCUT2D eigenvalue weighted by Gasteiger charge is 2.28. The first kappa shape index (κ1) is 16.5. The first-order valence-electron chi connectivity index (χ1n) is 7.92. The fourth-order valence-electron chi connectivity index (χ4n) is 2.85. The summed E-state index contributed by atoms with van der Waals surface area (Å²) in [5.41, 5.74) is 2.11. The maximum atomic E-state index is 13.0. The number of carbonyl (C=O) groups is 1. The number of aryl methyl sites for hydroxylation is 1. The van der Waals surface area contributed by atoms with E-state index >= 15 is 0 Å². The van der Waals surface area contributed by atoms with E-state index < -0.39 is 16.0 Å². The number of ether oxygens (including phenoxy) is 1. The van der Waals surface area contributed by atoms with Crippen molar-refractivity contribution >= 4 is 21.7 Å². The predicted octanol–water partition coefficient (Wildman–Crippen LogP) is 3.00. The lowest BCUT2D eigenvalue weighted by Crippen LogP contribution is -2.35. The van der Waals surface area contributed by atoms with Crippen molar-refractivity contribution in [2.24, 2.45) is 0 Å². The van der Waals surface area contributed by atoms with Gasteiger partial charge in [0.1, 0.15) is 0 Å². The van der Waals surface area contributed by atoms with Gasteiger partial charge in [-0.3, -0.25) is 4.31 Å². The van der Waals surface area contributed by atoms with Crippen LogP contribution in [-0.2, 0) is 21.2 Å². The summed E-state index contributed by atoms with van der Waals surface area (Å²) >= 11 is 0. The van der Waals surface area contributed by atoms with Crippen LogP contribution in [0.4, 0.5) is 5.69 Å². The molecule has 2 aromatic carbocycles. The largest absolute Gasteiger partial charge is 0.462 e. The molecule has 5 nitrogen and oxygen atoms in total. The van der Waals surface area contributed by atoms with Crippen LogP contribution in [-0.4, -0.2) is 27.5 Å². The van der Waals surface area contributed by atoms with Crippen molar-refractivity contribution in [3.05, 3.63) is 59.7 Å². The molecule has 0 radical (unpaired) electrons. The van der Waals surface area contributed by atoms with E-state index in [4.69, 9.17) is 4.74 Å². The third-order valence-corrected chi connectivity index (χ3v) is 5.85. The minimum absolute atomic E-state index is 0.173. The fourth-order valence-corrected chi connectivity index (χ4v) is 4.39. The number of carbonyl (C=O) groups excluding carboxylic acids is 1. The number of nitrogens with zero attached hydrogens (tertiary/aromatic N) is 1. The molecule has 1 heterocycles. The average molecular weight is 345 g/mol. The number of sulfonamides is 1. The average Bonchev–Trinajstić information content (AvgIpc) is 2.61. The molecule has 0 aliphatic carbocycles. The number of para-hydroxylation sites is 1. The van der Waals surface area contributed by atoms with E-state index in [0.29, 0.717) is 12.1 Å². The minimum atomic E-state index is -3.65. The summed E-state index contributed by atoms with van der Waals surface area (Å²) in [5, 5.41) is 0. The standard InChI is InChI=1S/C18H19NO4S/c1-2-23-18(20)15-9-11-16(12-10-15)24(21,22)19-13-5-7-14-6-3-4-8-17(14)19/h3-4,6,8-12H,2,5,7,13H2,1H3. The Balaban J connectivity index is 1.93. The molecule has 0 N–H and O–H groups in total. The Hall–Kier alpha value is -2.34. The molecule has 0 saturated carbocycles. The van der Waals surface area contributed by atoms with Crippen molar-refractivity contribution in [2.75, 3.05) is 17.5 Å². The van der Waals surface area contributed by atoms with Gasteiger partial charge in [0.05, 0.1) is 22.8 Å². The second-order valence-electron chi connectivity index (χ2n) is 5.55. The summed E-state index contributed by atoms with van der Waals surface area (Å²) in [6.45, 7) is 2.47. The molecular weight excluding hydrogens is 326 g/mol. The van der Waals surface area contributed by atoms with E-state index in [1.807, 2.05) is 24.3 Å². The molecule has 0 bridgehead atoms. The van der Waals surface area contributed by atoms with Crippen LogP contribution >= 0.6 is 0 Å². The van der Waals surface area contributed by atoms with Gasteiger partial charge in [0, 0.05) is 6.54 Å². The van der Waals surface area contributed by atoms with Gasteiger partial charge in [-0.25, -0.2) is 13.2 Å². The van der Waals surface area contributed by atoms with Crippen LogP contribution in [0.15, 0.2) is 53.4 Å². The van der Waals surface area contributed by atoms with Gasteiger partial charge in [-0.1, -0.05) is 18.2 Å². The van der Waals surface area contributed by atoms with Crippen molar-refractivity contribution in [1.29, 1.82) is 0 Å². The molecule has 2 aromatic rings. The van der Waals surface area contributed by atoms with E-state index in [0.717, 1.165) is 24.1 Å². The Labute approximate surface area is 141 Å².